The van der Waals surface area contributed by atoms with E-state index in [0.717, 1.165) is 17.9 Å². The number of benzene rings is 1. The summed E-state index contributed by atoms with van der Waals surface area (Å²) in [6.07, 6.45) is -5.73. The summed E-state index contributed by atoms with van der Waals surface area (Å²) >= 11 is 0. The van der Waals surface area contributed by atoms with E-state index in [0.29, 0.717) is 44.8 Å². The Morgan fingerprint density at radius 1 is 0.971 bits per heavy atom. The number of nitrogen functional groups attached to an aromatic ring is 1. The lowest BCUT2D eigenvalue weighted by Crippen LogP contribution is -2.61. The first-order valence-corrected chi connectivity index (χ1v) is 25.0. The van der Waals surface area contributed by atoms with Crippen LogP contribution in [-0.2, 0) is 46.2 Å². The first-order valence-electron chi connectivity index (χ1n) is 25.0. The van der Waals surface area contributed by atoms with Crippen LogP contribution in [0.25, 0.3) is 0 Å². The highest BCUT2D eigenvalue weighted by atomic mass is 16.7. The third kappa shape index (κ3) is 14.1. The van der Waals surface area contributed by atoms with E-state index in [2.05, 4.69) is 15.2 Å². The SMILES string of the molecule is CC[C@H]1OC(=O)[C@H](C)[C@@H](OC2C[C@@](C)(OC)[C@@H](O)[C@H](C)O2)[C@H](C)[C@@H](O[C@@H]2O[C@H](C)C[C@H](N(C)CCc3cn(CCCOc4ccc(N)cc4)nn3)[C@H]2O)[C@](C)(O)C[C@@H](C)CN(C)[C@H](C)[C@@H](O)[C@]1(C)O. The molecule has 1 aromatic carbocycles. The summed E-state index contributed by atoms with van der Waals surface area (Å²) in [7, 11) is 5.29. The number of aliphatic hydroxyl groups is 5. The summed E-state index contributed by atoms with van der Waals surface area (Å²) in [6, 6.07) is 6.31. The van der Waals surface area contributed by atoms with Crippen LogP contribution in [0.4, 0.5) is 5.69 Å². The van der Waals surface area contributed by atoms with Gasteiger partial charge < -0.3 is 74.2 Å². The van der Waals surface area contributed by atoms with Gasteiger partial charge in [-0.3, -0.25) is 9.48 Å². The molecule has 0 amide bonds. The van der Waals surface area contributed by atoms with Crippen LogP contribution in [0.3, 0.4) is 0 Å². The van der Waals surface area contributed by atoms with Crippen molar-refractivity contribution in [1.29, 1.82) is 0 Å². The Balaban J connectivity index is 1.40. The minimum atomic E-state index is -1.83. The number of aliphatic hydroxyl groups excluding tert-OH is 3. The van der Waals surface area contributed by atoms with Crippen molar-refractivity contribution in [3.8, 4) is 5.75 Å². The first kappa shape index (κ1) is 56.9. The Hall–Kier alpha value is -3.05. The number of esters is 1. The van der Waals surface area contributed by atoms with Crippen molar-refractivity contribution in [1.82, 2.24) is 24.8 Å². The molecular formula is C50H86N6O13. The molecule has 4 heterocycles. The maximum atomic E-state index is 14.5. The zero-order valence-corrected chi connectivity index (χ0v) is 43.4. The number of rotatable bonds is 15. The quantitative estimate of drug-likeness (QED) is 0.0853. The number of nitrogens with zero attached hydrogens (tertiary/aromatic N) is 5. The molecule has 3 aliphatic heterocycles. The van der Waals surface area contributed by atoms with E-state index in [1.54, 1.807) is 58.4 Å². The minimum Gasteiger partial charge on any atom is -0.494 e. The summed E-state index contributed by atoms with van der Waals surface area (Å²) in [5.41, 5.74) is 2.75. The van der Waals surface area contributed by atoms with Gasteiger partial charge in [-0.25, -0.2) is 0 Å². The van der Waals surface area contributed by atoms with Crippen molar-refractivity contribution in [2.75, 3.05) is 46.6 Å². The molecule has 3 fully saturated rings. The lowest BCUT2D eigenvalue weighted by atomic mass is 9.77. The van der Waals surface area contributed by atoms with Crippen molar-refractivity contribution >= 4 is 11.7 Å². The largest absolute Gasteiger partial charge is 0.494 e. The standard InChI is InChI=1S/C50H86N6O13/c1-14-39-50(10,62)43(58)33(6)55(12)27-29(2)25-48(8,61)45(31(4)42(32(5)46(60)67-39)68-40-26-49(9,63-13)44(59)34(7)66-40)69-47-41(57)38(24-30(3)65-47)54(11)22-20-36-28-56(53-52-36)21-15-23-64-37-18-16-35(51)17-19-37/h16-19,28-34,38-45,47,57-59,61-62H,14-15,20-27,51H2,1-13H3/t29-,30-,31+,32-,33-,34+,38+,39-,40?,41-,42+,43-,44+,45-,47+,48-,49-,50-/m1/s1. The van der Waals surface area contributed by atoms with Crippen LogP contribution < -0.4 is 10.5 Å². The molecule has 0 bridgehead atoms. The number of carbonyl (C=O) groups is 1. The van der Waals surface area contributed by atoms with E-state index in [4.69, 9.17) is 38.9 Å². The fourth-order valence-electron chi connectivity index (χ4n) is 10.7. The Morgan fingerprint density at radius 2 is 1.65 bits per heavy atom. The number of cyclic esters (lactones) is 1. The molecule has 1 aromatic heterocycles. The van der Waals surface area contributed by atoms with Crippen LogP contribution in [0.5, 0.6) is 5.75 Å². The zero-order chi connectivity index (χ0) is 51.2. The van der Waals surface area contributed by atoms with Gasteiger partial charge in [-0.15, -0.1) is 5.10 Å². The summed E-state index contributed by atoms with van der Waals surface area (Å²) in [4.78, 5) is 18.4. The second kappa shape index (κ2) is 24.1. The van der Waals surface area contributed by atoms with Crippen molar-refractivity contribution < 1.29 is 63.5 Å². The summed E-state index contributed by atoms with van der Waals surface area (Å²) in [6.45, 7) is 19.7. The van der Waals surface area contributed by atoms with Crippen LogP contribution in [0.1, 0.15) is 107 Å². The number of ether oxygens (including phenoxy) is 7. The number of likely N-dealkylation sites (N-methyl/N-ethyl adjacent to an activating group) is 2. The average Bonchev–Trinajstić information content (AvgIpc) is 3.76. The number of nitrogens with two attached hydrogens (primary N) is 1. The normalized spacial score (nSPS) is 40.2. The number of aromatic nitrogens is 3. The van der Waals surface area contributed by atoms with Crippen molar-refractivity contribution in [3.63, 3.8) is 0 Å². The van der Waals surface area contributed by atoms with E-state index in [1.807, 2.05) is 58.1 Å². The van der Waals surface area contributed by atoms with Crippen LogP contribution in [0, 0.1) is 17.8 Å². The molecule has 1 unspecified atom stereocenters. The van der Waals surface area contributed by atoms with Crippen LogP contribution in [0.15, 0.2) is 30.5 Å². The van der Waals surface area contributed by atoms with Gasteiger partial charge in [-0.2, -0.15) is 0 Å². The molecule has 7 N–H and O–H groups in total. The second-order valence-corrected chi connectivity index (χ2v) is 21.2. The van der Waals surface area contributed by atoms with Crippen molar-refractivity contribution in [2.45, 2.75) is 205 Å². The van der Waals surface area contributed by atoms with E-state index in [1.165, 1.54) is 14.0 Å². The number of methoxy groups -OCH3 is 1. The third-order valence-corrected chi connectivity index (χ3v) is 15.1. The maximum Gasteiger partial charge on any atom is 0.311 e. The Bertz CT molecular complexity index is 1890. The van der Waals surface area contributed by atoms with Gasteiger partial charge >= 0.3 is 5.97 Å². The van der Waals surface area contributed by atoms with Gasteiger partial charge in [0, 0.05) is 75.9 Å². The smallest absolute Gasteiger partial charge is 0.311 e. The molecular weight excluding hydrogens is 893 g/mol. The molecule has 0 spiro atoms. The van der Waals surface area contributed by atoms with Gasteiger partial charge in [0.2, 0.25) is 0 Å². The van der Waals surface area contributed by atoms with Crippen LogP contribution in [0.2, 0.25) is 0 Å². The molecule has 3 aliphatic rings. The Labute approximate surface area is 409 Å². The van der Waals surface area contributed by atoms with E-state index < -0.39 is 102 Å². The highest BCUT2D eigenvalue weighted by Crippen LogP contribution is 2.40. The van der Waals surface area contributed by atoms with E-state index in [9.17, 15) is 30.3 Å². The molecule has 394 valence electrons. The number of carbonyl (C=O) groups excluding carboxylic acids is 1. The Kier molecular flexibility index (Phi) is 19.9. The molecule has 19 heteroatoms. The van der Waals surface area contributed by atoms with Crippen LogP contribution in [-0.4, -0.2) is 187 Å². The molecule has 0 radical (unpaired) electrons. The van der Waals surface area contributed by atoms with Crippen LogP contribution >= 0.6 is 0 Å². The fraction of sp³-hybridized carbons (Fsp3) is 0.820. The molecule has 0 saturated carbocycles. The molecule has 18 atom stereocenters. The summed E-state index contributed by atoms with van der Waals surface area (Å²) in [5, 5.41) is 68.3. The van der Waals surface area contributed by atoms with Gasteiger partial charge in [0.25, 0.3) is 0 Å². The minimum absolute atomic E-state index is 0.105. The van der Waals surface area contributed by atoms with E-state index in [-0.39, 0.29) is 31.3 Å². The van der Waals surface area contributed by atoms with Gasteiger partial charge in [0.05, 0.1) is 53.8 Å². The fourth-order valence-corrected chi connectivity index (χ4v) is 10.7. The molecule has 5 rings (SSSR count). The highest BCUT2D eigenvalue weighted by Gasteiger charge is 2.53. The summed E-state index contributed by atoms with van der Waals surface area (Å²) in [5.74, 6) is -2.00. The van der Waals surface area contributed by atoms with Gasteiger partial charge in [0.15, 0.2) is 12.6 Å². The lowest BCUT2D eigenvalue weighted by Gasteiger charge is -2.49. The third-order valence-electron chi connectivity index (χ3n) is 15.1. The van der Waals surface area contributed by atoms with Crippen molar-refractivity contribution in [2.24, 2.45) is 17.8 Å². The molecule has 69 heavy (non-hydrogen) atoms. The maximum absolute atomic E-state index is 14.5. The topological polar surface area (TPSA) is 246 Å². The number of hydrogen-bond donors (Lipinski definition) is 6. The van der Waals surface area contributed by atoms with Gasteiger partial charge in [-0.1, -0.05) is 26.0 Å². The first-order chi connectivity index (χ1) is 32.3. The van der Waals surface area contributed by atoms with Gasteiger partial charge in [-0.05, 0) is 112 Å². The predicted molar refractivity (Wildman–Crippen MR) is 258 cm³/mol. The number of aryl methyl sites for hydroxylation is 1. The molecule has 0 aliphatic carbocycles. The Morgan fingerprint density at radius 3 is 2.30 bits per heavy atom. The average molecular weight is 979 g/mol. The second-order valence-electron chi connectivity index (χ2n) is 21.2. The van der Waals surface area contributed by atoms with Crippen molar-refractivity contribution in [3.05, 3.63) is 36.2 Å². The highest BCUT2D eigenvalue weighted by molar-refractivity contribution is 5.73. The monoisotopic (exact) mass is 979 g/mol. The molecule has 3 saturated heterocycles. The number of hydrogen-bond acceptors (Lipinski definition) is 18. The number of anilines is 1. The van der Waals surface area contributed by atoms with Gasteiger partial charge in [0.1, 0.15) is 35.8 Å². The molecule has 2 aromatic rings. The van der Waals surface area contributed by atoms with E-state index >= 15 is 0 Å². The zero-order valence-electron chi connectivity index (χ0n) is 43.4. The predicted octanol–water partition coefficient (Wildman–Crippen LogP) is 3.16. The summed E-state index contributed by atoms with van der Waals surface area (Å²) < 4.78 is 45.9. The molecule has 19 nitrogen and oxygen atoms in total. The lowest BCUT2D eigenvalue weighted by molar-refractivity contribution is -0.318.